The predicted octanol–water partition coefficient (Wildman–Crippen LogP) is 3.33. The van der Waals surface area contributed by atoms with E-state index in [4.69, 9.17) is 9.47 Å². The summed E-state index contributed by atoms with van der Waals surface area (Å²) in [5, 5.41) is 0. The summed E-state index contributed by atoms with van der Waals surface area (Å²) < 4.78 is 12.2. The topological polar surface area (TPSA) is 70.4 Å². The van der Waals surface area contributed by atoms with Gasteiger partial charge in [-0.2, -0.15) is 0 Å². The van der Waals surface area contributed by atoms with Gasteiger partial charge in [-0.15, -0.1) is 0 Å². The first kappa shape index (κ1) is 18.4. The van der Waals surface area contributed by atoms with Gasteiger partial charge in [0.1, 0.15) is 0 Å². The van der Waals surface area contributed by atoms with Gasteiger partial charge in [-0.3, -0.25) is 9.59 Å². The van der Waals surface area contributed by atoms with E-state index in [0.717, 1.165) is 22.2 Å². The van der Waals surface area contributed by atoms with Gasteiger partial charge in [0, 0.05) is 20.4 Å². The Labute approximate surface area is 157 Å². The molecule has 0 bridgehead atoms. The SMILES string of the molecule is COc1ccc(/C=C/C(=O)Cc2cccc3c2ncn3C)cc1OC(C)=O. The van der Waals surface area contributed by atoms with E-state index in [1.807, 2.05) is 29.8 Å². The van der Waals surface area contributed by atoms with Crippen molar-refractivity contribution >= 4 is 28.9 Å². The summed E-state index contributed by atoms with van der Waals surface area (Å²) in [6, 6.07) is 10.9. The van der Waals surface area contributed by atoms with Crippen molar-refractivity contribution in [1.29, 1.82) is 0 Å². The van der Waals surface area contributed by atoms with Crippen molar-refractivity contribution in [3.8, 4) is 11.5 Å². The molecule has 0 spiro atoms. The van der Waals surface area contributed by atoms with Crippen LogP contribution in [-0.4, -0.2) is 28.4 Å². The molecule has 2 aromatic carbocycles. The van der Waals surface area contributed by atoms with Crippen LogP contribution in [0.2, 0.25) is 0 Å². The Morgan fingerprint density at radius 1 is 1.19 bits per heavy atom. The number of esters is 1. The minimum absolute atomic E-state index is 0.0435. The second-order valence-electron chi connectivity index (χ2n) is 6.12. The average Bonchev–Trinajstić information content (AvgIpc) is 3.02. The molecule has 0 aliphatic rings. The Hall–Kier alpha value is -3.41. The third kappa shape index (κ3) is 4.23. The number of aryl methyl sites for hydroxylation is 1. The third-order valence-electron chi connectivity index (χ3n) is 4.11. The van der Waals surface area contributed by atoms with Crippen LogP contribution >= 0.6 is 0 Å². The Morgan fingerprint density at radius 3 is 2.74 bits per heavy atom. The monoisotopic (exact) mass is 364 g/mol. The van der Waals surface area contributed by atoms with E-state index in [1.54, 1.807) is 30.6 Å². The van der Waals surface area contributed by atoms with Crippen LogP contribution in [0.5, 0.6) is 11.5 Å². The van der Waals surface area contributed by atoms with Crippen molar-refractivity contribution in [2.24, 2.45) is 7.05 Å². The fourth-order valence-corrected chi connectivity index (χ4v) is 2.83. The molecule has 0 unspecified atom stereocenters. The summed E-state index contributed by atoms with van der Waals surface area (Å²) in [5.74, 6) is 0.292. The average molecular weight is 364 g/mol. The molecule has 27 heavy (non-hydrogen) atoms. The molecule has 0 aliphatic heterocycles. The molecule has 138 valence electrons. The first-order chi connectivity index (χ1) is 13.0. The van der Waals surface area contributed by atoms with E-state index in [2.05, 4.69) is 4.98 Å². The van der Waals surface area contributed by atoms with E-state index >= 15 is 0 Å². The number of aromatic nitrogens is 2. The maximum atomic E-state index is 12.4. The van der Waals surface area contributed by atoms with Crippen molar-refractivity contribution in [3.05, 3.63) is 59.9 Å². The van der Waals surface area contributed by atoms with Gasteiger partial charge < -0.3 is 14.0 Å². The Bertz CT molecular complexity index is 1030. The molecule has 0 amide bonds. The predicted molar refractivity (Wildman–Crippen MR) is 103 cm³/mol. The zero-order valence-electron chi connectivity index (χ0n) is 15.4. The first-order valence-electron chi connectivity index (χ1n) is 8.44. The summed E-state index contributed by atoms with van der Waals surface area (Å²) in [7, 11) is 3.42. The van der Waals surface area contributed by atoms with Crippen LogP contribution < -0.4 is 9.47 Å². The summed E-state index contributed by atoms with van der Waals surface area (Å²) >= 11 is 0. The van der Waals surface area contributed by atoms with E-state index in [0.29, 0.717) is 11.5 Å². The maximum Gasteiger partial charge on any atom is 0.308 e. The summed E-state index contributed by atoms with van der Waals surface area (Å²) in [5.41, 5.74) is 3.45. The molecule has 0 fully saturated rings. The number of allylic oxidation sites excluding steroid dienone is 1. The number of para-hydroxylation sites is 1. The number of nitrogens with zero attached hydrogens (tertiary/aromatic N) is 2. The Kier molecular flexibility index (Phi) is 5.35. The Balaban J connectivity index is 1.77. The highest BCUT2D eigenvalue weighted by molar-refractivity contribution is 5.97. The smallest absolute Gasteiger partial charge is 0.308 e. The van der Waals surface area contributed by atoms with E-state index < -0.39 is 5.97 Å². The molecule has 1 aromatic heterocycles. The van der Waals surface area contributed by atoms with E-state index in [-0.39, 0.29) is 12.2 Å². The number of ether oxygens (including phenoxy) is 2. The van der Waals surface area contributed by atoms with Crippen LogP contribution in [-0.2, 0) is 23.1 Å². The minimum Gasteiger partial charge on any atom is -0.493 e. The molecule has 1 heterocycles. The standard InChI is InChI=1S/C21H20N2O4/c1-14(24)27-20-11-15(8-10-19(20)26-3)7-9-17(25)12-16-5-4-6-18-21(16)22-13-23(18)2/h4-11,13H,12H2,1-3H3/b9-7+. The fourth-order valence-electron chi connectivity index (χ4n) is 2.83. The van der Waals surface area contributed by atoms with Gasteiger partial charge in [0.05, 0.1) is 24.5 Å². The molecular weight excluding hydrogens is 344 g/mol. The van der Waals surface area contributed by atoms with Crippen LogP contribution in [0.3, 0.4) is 0 Å². The molecule has 0 saturated carbocycles. The van der Waals surface area contributed by atoms with Gasteiger partial charge in [0.25, 0.3) is 0 Å². The molecule has 0 N–H and O–H groups in total. The van der Waals surface area contributed by atoms with Crippen molar-refractivity contribution in [1.82, 2.24) is 9.55 Å². The quantitative estimate of drug-likeness (QED) is 0.381. The number of carbonyl (C=O) groups excluding carboxylic acids is 2. The zero-order chi connectivity index (χ0) is 19.4. The van der Waals surface area contributed by atoms with Gasteiger partial charge in [-0.05, 0) is 35.4 Å². The molecule has 0 atom stereocenters. The highest BCUT2D eigenvalue weighted by Gasteiger charge is 2.09. The number of rotatable bonds is 6. The number of hydrogen-bond donors (Lipinski definition) is 0. The van der Waals surface area contributed by atoms with E-state index in [9.17, 15) is 9.59 Å². The largest absolute Gasteiger partial charge is 0.493 e. The number of benzene rings is 2. The molecule has 3 aromatic rings. The molecule has 0 aliphatic carbocycles. The van der Waals surface area contributed by atoms with Crippen molar-refractivity contribution in [2.75, 3.05) is 7.11 Å². The van der Waals surface area contributed by atoms with Gasteiger partial charge >= 0.3 is 5.97 Å². The van der Waals surface area contributed by atoms with Gasteiger partial charge in [-0.1, -0.05) is 24.3 Å². The van der Waals surface area contributed by atoms with Crippen molar-refractivity contribution < 1.29 is 19.1 Å². The van der Waals surface area contributed by atoms with Crippen LogP contribution in [0.1, 0.15) is 18.1 Å². The number of methoxy groups -OCH3 is 1. The number of fused-ring (bicyclic) bond motifs is 1. The zero-order valence-corrected chi connectivity index (χ0v) is 15.4. The maximum absolute atomic E-state index is 12.4. The lowest BCUT2D eigenvalue weighted by atomic mass is 10.1. The molecule has 0 saturated heterocycles. The second-order valence-corrected chi connectivity index (χ2v) is 6.12. The van der Waals surface area contributed by atoms with Gasteiger partial charge in [-0.25, -0.2) is 4.98 Å². The summed E-state index contributed by atoms with van der Waals surface area (Å²) in [6.07, 6.45) is 5.20. The number of hydrogen-bond acceptors (Lipinski definition) is 5. The fraction of sp³-hybridized carbons (Fsp3) is 0.190. The van der Waals surface area contributed by atoms with Gasteiger partial charge in [0.15, 0.2) is 17.3 Å². The highest BCUT2D eigenvalue weighted by Crippen LogP contribution is 2.28. The minimum atomic E-state index is -0.436. The lowest BCUT2D eigenvalue weighted by molar-refractivity contribution is -0.132. The van der Waals surface area contributed by atoms with Crippen LogP contribution in [0.15, 0.2) is 48.8 Å². The number of ketones is 1. The second kappa shape index (κ2) is 7.86. The van der Waals surface area contributed by atoms with E-state index in [1.165, 1.54) is 20.1 Å². The van der Waals surface area contributed by atoms with Crippen molar-refractivity contribution in [3.63, 3.8) is 0 Å². The Morgan fingerprint density at radius 2 is 2.00 bits per heavy atom. The normalized spacial score (nSPS) is 11.1. The lowest BCUT2D eigenvalue weighted by Gasteiger charge is -2.08. The van der Waals surface area contributed by atoms with Crippen LogP contribution in [0.4, 0.5) is 0 Å². The molecular formula is C21H20N2O4. The lowest BCUT2D eigenvalue weighted by Crippen LogP contribution is -2.03. The molecule has 6 nitrogen and oxygen atoms in total. The van der Waals surface area contributed by atoms with Crippen LogP contribution in [0, 0.1) is 0 Å². The molecule has 6 heteroatoms. The number of carbonyl (C=O) groups is 2. The summed E-state index contributed by atoms with van der Waals surface area (Å²) in [4.78, 5) is 28.0. The molecule has 3 rings (SSSR count). The van der Waals surface area contributed by atoms with Crippen LogP contribution in [0.25, 0.3) is 17.1 Å². The summed E-state index contributed by atoms with van der Waals surface area (Å²) in [6.45, 7) is 1.32. The first-order valence-corrected chi connectivity index (χ1v) is 8.44. The van der Waals surface area contributed by atoms with Gasteiger partial charge in [0.2, 0.25) is 0 Å². The highest BCUT2D eigenvalue weighted by atomic mass is 16.6. The third-order valence-corrected chi connectivity index (χ3v) is 4.11. The molecule has 0 radical (unpaired) electrons. The van der Waals surface area contributed by atoms with Crippen molar-refractivity contribution in [2.45, 2.75) is 13.3 Å². The number of imidazole rings is 1.